The molecule has 2 atom stereocenters. The van der Waals surface area contributed by atoms with Crippen LogP contribution in [0.15, 0.2) is 18.2 Å². The predicted molar refractivity (Wildman–Crippen MR) is 87.4 cm³/mol. The minimum Gasteiger partial charge on any atom is -0.334 e. The molecule has 2 rings (SSSR count). The third-order valence-corrected chi connectivity index (χ3v) is 4.17. The van der Waals surface area contributed by atoms with Gasteiger partial charge in [-0.05, 0) is 31.2 Å². The largest absolute Gasteiger partial charge is 0.334 e. The zero-order valence-electron chi connectivity index (χ0n) is 12.8. The smallest absolute Gasteiger partial charge is 0.270 e. The highest BCUT2D eigenvalue weighted by Crippen LogP contribution is 2.26. The number of piperidine rings is 1. The first-order chi connectivity index (χ1) is 9.93. The minimum absolute atomic E-state index is 0. The summed E-state index contributed by atoms with van der Waals surface area (Å²) >= 11 is 0. The second-order valence-electron chi connectivity index (χ2n) is 5.77. The second-order valence-corrected chi connectivity index (χ2v) is 5.77. The molecule has 1 amide bonds. The van der Waals surface area contributed by atoms with Crippen LogP contribution in [0.3, 0.4) is 0 Å². The monoisotopic (exact) mass is 327 g/mol. The van der Waals surface area contributed by atoms with Crippen molar-refractivity contribution in [2.45, 2.75) is 32.7 Å². The summed E-state index contributed by atoms with van der Waals surface area (Å²) in [5.74, 6) is 0.396. The van der Waals surface area contributed by atoms with Crippen molar-refractivity contribution in [3.63, 3.8) is 0 Å². The molecule has 122 valence electrons. The van der Waals surface area contributed by atoms with Crippen molar-refractivity contribution in [2.75, 3.05) is 13.1 Å². The molecule has 0 bridgehead atoms. The van der Waals surface area contributed by atoms with Gasteiger partial charge >= 0.3 is 0 Å². The van der Waals surface area contributed by atoms with Crippen LogP contribution in [0.1, 0.15) is 35.7 Å². The van der Waals surface area contributed by atoms with E-state index in [2.05, 4.69) is 6.92 Å². The van der Waals surface area contributed by atoms with Gasteiger partial charge in [-0.15, -0.1) is 12.4 Å². The normalized spacial score (nSPS) is 21.1. The molecule has 1 aliphatic rings. The number of likely N-dealkylation sites (tertiary alicyclic amines) is 1. The summed E-state index contributed by atoms with van der Waals surface area (Å²) < 4.78 is 0. The number of hydrogen-bond donors (Lipinski definition) is 1. The topological polar surface area (TPSA) is 89.5 Å². The molecule has 1 fully saturated rings. The Balaban J connectivity index is 0.00000242. The molecule has 1 aromatic carbocycles. The van der Waals surface area contributed by atoms with Crippen LogP contribution in [0.2, 0.25) is 0 Å². The van der Waals surface area contributed by atoms with Crippen molar-refractivity contribution in [1.82, 2.24) is 4.90 Å². The Morgan fingerprint density at radius 1 is 1.50 bits per heavy atom. The molecule has 22 heavy (non-hydrogen) atoms. The van der Waals surface area contributed by atoms with Crippen LogP contribution in [0, 0.1) is 23.0 Å². The number of aryl methyl sites for hydroxylation is 1. The first-order valence-electron chi connectivity index (χ1n) is 7.20. The van der Waals surface area contributed by atoms with Gasteiger partial charge in [-0.25, -0.2) is 0 Å². The van der Waals surface area contributed by atoms with Gasteiger partial charge in [0.1, 0.15) is 0 Å². The van der Waals surface area contributed by atoms with Crippen molar-refractivity contribution in [3.05, 3.63) is 39.4 Å². The zero-order valence-corrected chi connectivity index (χ0v) is 13.6. The van der Waals surface area contributed by atoms with Crippen molar-refractivity contribution < 1.29 is 9.72 Å². The number of carbonyl (C=O) groups excluding carboxylic acids is 1. The maximum absolute atomic E-state index is 12.7. The summed E-state index contributed by atoms with van der Waals surface area (Å²) in [4.78, 5) is 24.9. The number of halogens is 1. The van der Waals surface area contributed by atoms with Gasteiger partial charge in [-0.3, -0.25) is 14.9 Å². The van der Waals surface area contributed by atoms with E-state index in [0.717, 1.165) is 18.4 Å². The van der Waals surface area contributed by atoms with E-state index in [1.807, 2.05) is 0 Å². The molecular weight excluding hydrogens is 306 g/mol. The van der Waals surface area contributed by atoms with Gasteiger partial charge in [-0.1, -0.05) is 13.0 Å². The molecule has 0 radical (unpaired) electrons. The lowest BCUT2D eigenvalue weighted by atomic mass is 9.91. The van der Waals surface area contributed by atoms with E-state index in [1.165, 1.54) is 12.1 Å². The first kappa shape index (κ1) is 18.4. The number of hydrogen-bond acceptors (Lipinski definition) is 4. The van der Waals surface area contributed by atoms with Crippen molar-refractivity contribution >= 4 is 24.0 Å². The number of nitro benzene ring substituents is 1. The Bertz CT molecular complexity index is 565. The van der Waals surface area contributed by atoms with Gasteiger partial charge in [0, 0.05) is 36.8 Å². The maximum atomic E-state index is 12.7. The predicted octanol–water partition coefficient (Wildman–Crippen LogP) is 2.52. The van der Waals surface area contributed by atoms with E-state index < -0.39 is 4.92 Å². The summed E-state index contributed by atoms with van der Waals surface area (Å²) in [6, 6.07) is 4.42. The van der Waals surface area contributed by atoms with Gasteiger partial charge < -0.3 is 10.6 Å². The van der Waals surface area contributed by atoms with E-state index in [4.69, 9.17) is 5.73 Å². The third-order valence-electron chi connectivity index (χ3n) is 4.17. The summed E-state index contributed by atoms with van der Waals surface area (Å²) in [5, 5.41) is 10.9. The molecule has 0 saturated carbocycles. The van der Waals surface area contributed by atoms with Crippen LogP contribution < -0.4 is 5.73 Å². The standard InChI is InChI=1S/C15H21N3O3.ClH/c1-10-5-6-17(13(7-10)9-16)15(19)14-8-12(18(20)21)4-3-11(14)2;/h3-4,8,10,13H,5-7,9,16H2,1-2H3;1H. The minimum atomic E-state index is -0.477. The highest BCUT2D eigenvalue weighted by atomic mass is 35.5. The van der Waals surface area contributed by atoms with Crippen LogP contribution in [0.25, 0.3) is 0 Å². The molecule has 1 aromatic rings. The fourth-order valence-corrected chi connectivity index (χ4v) is 2.85. The number of carbonyl (C=O) groups is 1. The van der Waals surface area contributed by atoms with Crippen molar-refractivity contribution in [3.8, 4) is 0 Å². The highest BCUT2D eigenvalue weighted by Gasteiger charge is 2.30. The average molecular weight is 328 g/mol. The second kappa shape index (κ2) is 7.56. The lowest BCUT2D eigenvalue weighted by Gasteiger charge is -2.38. The van der Waals surface area contributed by atoms with E-state index in [-0.39, 0.29) is 30.0 Å². The van der Waals surface area contributed by atoms with E-state index in [9.17, 15) is 14.9 Å². The number of non-ortho nitro benzene ring substituents is 1. The highest BCUT2D eigenvalue weighted by molar-refractivity contribution is 5.96. The molecule has 0 aromatic heterocycles. The van der Waals surface area contributed by atoms with E-state index >= 15 is 0 Å². The fourth-order valence-electron chi connectivity index (χ4n) is 2.85. The SMILES string of the molecule is Cc1ccc([N+](=O)[O-])cc1C(=O)N1CCC(C)CC1CN.Cl. The Kier molecular flexibility index (Phi) is 6.32. The summed E-state index contributed by atoms with van der Waals surface area (Å²) in [6.45, 7) is 5.03. The molecule has 2 unspecified atom stereocenters. The van der Waals surface area contributed by atoms with Gasteiger partial charge in [0.15, 0.2) is 0 Å². The Morgan fingerprint density at radius 2 is 2.18 bits per heavy atom. The van der Waals surface area contributed by atoms with Crippen LogP contribution in [-0.2, 0) is 0 Å². The first-order valence-corrected chi connectivity index (χ1v) is 7.20. The fraction of sp³-hybridized carbons (Fsp3) is 0.533. The van der Waals surface area contributed by atoms with Crippen LogP contribution in [0.5, 0.6) is 0 Å². The van der Waals surface area contributed by atoms with Gasteiger partial charge in [0.25, 0.3) is 11.6 Å². The maximum Gasteiger partial charge on any atom is 0.270 e. The van der Waals surface area contributed by atoms with Crippen molar-refractivity contribution in [2.24, 2.45) is 11.7 Å². The van der Waals surface area contributed by atoms with Gasteiger partial charge in [0.05, 0.1) is 4.92 Å². The number of amides is 1. The Labute approximate surface area is 136 Å². The number of nitrogens with zero attached hydrogens (tertiary/aromatic N) is 2. The van der Waals surface area contributed by atoms with Crippen LogP contribution >= 0.6 is 12.4 Å². The Morgan fingerprint density at radius 3 is 2.77 bits per heavy atom. The molecule has 1 heterocycles. The number of nitrogens with two attached hydrogens (primary N) is 1. The third kappa shape index (κ3) is 3.75. The average Bonchev–Trinajstić information content (AvgIpc) is 2.46. The Hall–Kier alpha value is -1.66. The quantitative estimate of drug-likeness (QED) is 0.682. The molecule has 6 nitrogen and oxygen atoms in total. The van der Waals surface area contributed by atoms with E-state index in [0.29, 0.717) is 24.6 Å². The van der Waals surface area contributed by atoms with Gasteiger partial charge in [0.2, 0.25) is 0 Å². The molecular formula is C15H22ClN3O3. The zero-order chi connectivity index (χ0) is 15.6. The van der Waals surface area contributed by atoms with E-state index in [1.54, 1.807) is 17.9 Å². The summed E-state index contributed by atoms with van der Waals surface area (Å²) in [7, 11) is 0. The van der Waals surface area contributed by atoms with Gasteiger partial charge in [-0.2, -0.15) is 0 Å². The number of rotatable bonds is 3. The molecule has 7 heteroatoms. The number of benzene rings is 1. The lowest BCUT2D eigenvalue weighted by Crippen LogP contribution is -2.49. The molecule has 2 N–H and O–H groups in total. The number of nitro groups is 1. The molecule has 0 spiro atoms. The van der Waals surface area contributed by atoms with Crippen molar-refractivity contribution in [1.29, 1.82) is 0 Å². The molecule has 1 aliphatic heterocycles. The molecule has 1 saturated heterocycles. The summed E-state index contributed by atoms with van der Waals surface area (Å²) in [5.41, 5.74) is 6.88. The van der Waals surface area contributed by atoms with Crippen LogP contribution in [0.4, 0.5) is 5.69 Å². The van der Waals surface area contributed by atoms with Crippen LogP contribution in [-0.4, -0.2) is 34.9 Å². The lowest BCUT2D eigenvalue weighted by molar-refractivity contribution is -0.384. The summed E-state index contributed by atoms with van der Waals surface area (Å²) in [6.07, 6.45) is 1.83. The molecule has 0 aliphatic carbocycles.